The van der Waals surface area contributed by atoms with Crippen LogP contribution >= 0.6 is 0 Å². The van der Waals surface area contributed by atoms with Gasteiger partial charge >= 0.3 is 5.97 Å². The van der Waals surface area contributed by atoms with Crippen molar-refractivity contribution < 1.29 is 18.3 Å². The molecule has 1 aromatic heterocycles. The summed E-state index contributed by atoms with van der Waals surface area (Å²) in [4.78, 5) is 13.4. The largest absolute Gasteiger partial charge is 0.477 e. The summed E-state index contributed by atoms with van der Waals surface area (Å²) >= 11 is 0. The van der Waals surface area contributed by atoms with Gasteiger partial charge in [0.2, 0.25) is 10.0 Å². The zero-order chi connectivity index (χ0) is 14.9. The van der Waals surface area contributed by atoms with Crippen molar-refractivity contribution >= 4 is 16.0 Å². The number of sulfonamides is 1. The Morgan fingerprint density at radius 1 is 1.50 bits per heavy atom. The Labute approximate surface area is 118 Å². The standard InChI is InChI=1S/C13H20N2O4S/c1-9(2)5-6-15(10-3-4-10)20(18,19)11-7-12(13(16)17)14-8-11/h7-10,14H,3-6H2,1-2H3,(H,16,17). The van der Waals surface area contributed by atoms with E-state index in [1.165, 1.54) is 16.6 Å². The number of hydrogen-bond donors (Lipinski definition) is 2. The normalized spacial score (nSPS) is 16.0. The van der Waals surface area contributed by atoms with Gasteiger partial charge < -0.3 is 10.1 Å². The number of rotatable bonds is 7. The van der Waals surface area contributed by atoms with Crippen molar-refractivity contribution in [1.82, 2.24) is 9.29 Å². The smallest absolute Gasteiger partial charge is 0.352 e. The monoisotopic (exact) mass is 300 g/mol. The number of hydrogen-bond acceptors (Lipinski definition) is 3. The summed E-state index contributed by atoms with van der Waals surface area (Å²) < 4.78 is 26.7. The Hall–Kier alpha value is -1.34. The lowest BCUT2D eigenvalue weighted by molar-refractivity contribution is 0.0691. The number of carbonyl (C=O) groups is 1. The van der Waals surface area contributed by atoms with Gasteiger partial charge in [0.25, 0.3) is 0 Å². The molecule has 0 spiro atoms. The van der Waals surface area contributed by atoms with Gasteiger partial charge in [-0.15, -0.1) is 0 Å². The van der Waals surface area contributed by atoms with Crippen LogP contribution < -0.4 is 0 Å². The topological polar surface area (TPSA) is 90.5 Å². The lowest BCUT2D eigenvalue weighted by atomic mass is 10.1. The summed E-state index contributed by atoms with van der Waals surface area (Å²) in [5, 5.41) is 8.86. The molecule has 1 aromatic rings. The lowest BCUT2D eigenvalue weighted by Gasteiger charge is -2.22. The fourth-order valence-corrected chi connectivity index (χ4v) is 3.72. The molecule has 6 nitrogen and oxygen atoms in total. The number of aromatic carboxylic acids is 1. The van der Waals surface area contributed by atoms with Crippen molar-refractivity contribution in [2.24, 2.45) is 5.92 Å². The van der Waals surface area contributed by atoms with E-state index in [0.29, 0.717) is 12.5 Å². The minimum Gasteiger partial charge on any atom is -0.477 e. The van der Waals surface area contributed by atoms with E-state index in [2.05, 4.69) is 18.8 Å². The SMILES string of the molecule is CC(C)CCN(C1CC1)S(=O)(=O)c1c[nH]c(C(=O)O)c1. The molecule has 1 aliphatic rings. The average molecular weight is 300 g/mol. The zero-order valence-corrected chi connectivity index (χ0v) is 12.5. The number of nitrogens with one attached hydrogen (secondary N) is 1. The summed E-state index contributed by atoms with van der Waals surface area (Å²) in [5.41, 5.74) is -0.108. The molecule has 112 valence electrons. The maximum absolute atomic E-state index is 12.6. The maximum atomic E-state index is 12.6. The molecular formula is C13H20N2O4S. The van der Waals surface area contributed by atoms with E-state index in [0.717, 1.165) is 19.3 Å². The molecule has 1 fully saturated rings. The first-order valence-corrected chi connectivity index (χ1v) is 8.20. The minimum atomic E-state index is -3.61. The molecule has 0 radical (unpaired) electrons. The van der Waals surface area contributed by atoms with Crippen LogP contribution in [0.5, 0.6) is 0 Å². The first kappa shape index (κ1) is 15.1. The van der Waals surface area contributed by atoms with Gasteiger partial charge in [-0.3, -0.25) is 0 Å². The summed E-state index contributed by atoms with van der Waals surface area (Å²) in [6, 6.07) is 1.25. The molecule has 1 aliphatic carbocycles. The minimum absolute atomic E-state index is 0.0329. The van der Waals surface area contributed by atoms with Crippen LogP contribution in [-0.4, -0.2) is 41.4 Å². The highest BCUT2D eigenvalue weighted by Gasteiger charge is 2.38. The third-order valence-electron chi connectivity index (χ3n) is 3.37. The van der Waals surface area contributed by atoms with E-state index in [1.54, 1.807) is 0 Å². The number of carboxylic acids is 1. The van der Waals surface area contributed by atoms with Gasteiger partial charge in [-0.25, -0.2) is 13.2 Å². The van der Waals surface area contributed by atoms with Crippen LogP contribution in [0.4, 0.5) is 0 Å². The Bertz CT molecular complexity index is 587. The van der Waals surface area contributed by atoms with Crippen LogP contribution in [0.3, 0.4) is 0 Å². The van der Waals surface area contributed by atoms with Crippen LogP contribution in [0.1, 0.15) is 43.6 Å². The second-order valence-electron chi connectivity index (χ2n) is 5.58. The Kier molecular flexibility index (Phi) is 4.19. The molecule has 7 heteroatoms. The van der Waals surface area contributed by atoms with Crippen LogP contribution in [0.2, 0.25) is 0 Å². The fourth-order valence-electron chi connectivity index (χ4n) is 2.03. The van der Waals surface area contributed by atoms with E-state index in [4.69, 9.17) is 5.11 Å². The number of carboxylic acid groups (broad SMARTS) is 1. The van der Waals surface area contributed by atoms with Crippen LogP contribution in [0.25, 0.3) is 0 Å². The van der Waals surface area contributed by atoms with Gasteiger partial charge in [0.1, 0.15) is 10.6 Å². The zero-order valence-electron chi connectivity index (χ0n) is 11.7. The third-order valence-corrected chi connectivity index (χ3v) is 5.30. The molecule has 0 atom stereocenters. The highest BCUT2D eigenvalue weighted by molar-refractivity contribution is 7.89. The van der Waals surface area contributed by atoms with Crippen LogP contribution in [0, 0.1) is 5.92 Å². The van der Waals surface area contributed by atoms with E-state index in [1.807, 2.05) is 0 Å². The van der Waals surface area contributed by atoms with E-state index < -0.39 is 16.0 Å². The fraction of sp³-hybridized carbons (Fsp3) is 0.615. The second-order valence-corrected chi connectivity index (χ2v) is 7.47. The van der Waals surface area contributed by atoms with Crippen molar-refractivity contribution in [1.29, 1.82) is 0 Å². The molecule has 0 aliphatic heterocycles. The van der Waals surface area contributed by atoms with E-state index >= 15 is 0 Å². The van der Waals surface area contributed by atoms with E-state index in [-0.39, 0.29) is 16.6 Å². The first-order valence-electron chi connectivity index (χ1n) is 6.76. The molecule has 20 heavy (non-hydrogen) atoms. The predicted octanol–water partition coefficient (Wildman–Crippen LogP) is 1.91. The van der Waals surface area contributed by atoms with Crippen molar-refractivity contribution in [2.45, 2.75) is 44.0 Å². The Morgan fingerprint density at radius 2 is 2.15 bits per heavy atom. The van der Waals surface area contributed by atoms with E-state index in [9.17, 15) is 13.2 Å². The van der Waals surface area contributed by atoms with Gasteiger partial charge in [-0.2, -0.15) is 4.31 Å². The summed E-state index contributed by atoms with van der Waals surface area (Å²) in [6.45, 7) is 4.59. The maximum Gasteiger partial charge on any atom is 0.352 e. The van der Waals surface area contributed by atoms with Gasteiger partial charge in [0.15, 0.2) is 0 Å². The average Bonchev–Trinajstić information content (AvgIpc) is 3.03. The van der Waals surface area contributed by atoms with Crippen LogP contribution in [-0.2, 0) is 10.0 Å². The van der Waals surface area contributed by atoms with Crippen molar-refractivity contribution in [3.05, 3.63) is 18.0 Å². The molecule has 0 aromatic carbocycles. The second kappa shape index (κ2) is 5.57. The molecule has 1 saturated carbocycles. The quantitative estimate of drug-likeness (QED) is 0.805. The molecule has 0 unspecified atom stereocenters. The number of H-pyrrole nitrogens is 1. The lowest BCUT2D eigenvalue weighted by Crippen LogP contribution is -2.34. The van der Waals surface area contributed by atoms with Gasteiger partial charge in [-0.05, 0) is 31.2 Å². The Morgan fingerprint density at radius 3 is 2.60 bits per heavy atom. The van der Waals surface area contributed by atoms with Crippen molar-refractivity contribution in [3.63, 3.8) is 0 Å². The number of aromatic amines is 1. The van der Waals surface area contributed by atoms with Crippen molar-refractivity contribution in [3.8, 4) is 0 Å². The highest BCUT2D eigenvalue weighted by Crippen LogP contribution is 2.32. The first-order chi connectivity index (χ1) is 9.32. The molecule has 1 heterocycles. The molecule has 0 saturated heterocycles. The number of nitrogens with zero attached hydrogens (tertiary/aromatic N) is 1. The van der Waals surface area contributed by atoms with Gasteiger partial charge in [0.05, 0.1) is 0 Å². The summed E-state index contributed by atoms with van der Waals surface area (Å²) in [5.74, 6) is -0.737. The predicted molar refractivity (Wildman–Crippen MR) is 74.1 cm³/mol. The molecule has 0 amide bonds. The molecule has 0 bridgehead atoms. The van der Waals surface area contributed by atoms with Crippen molar-refractivity contribution in [2.75, 3.05) is 6.54 Å². The summed E-state index contributed by atoms with van der Waals surface area (Å²) in [6.07, 6.45) is 3.82. The van der Waals surface area contributed by atoms with Crippen LogP contribution in [0.15, 0.2) is 17.2 Å². The third kappa shape index (κ3) is 3.21. The summed E-state index contributed by atoms with van der Waals surface area (Å²) in [7, 11) is -3.61. The number of aromatic nitrogens is 1. The highest BCUT2D eigenvalue weighted by atomic mass is 32.2. The molecule has 2 N–H and O–H groups in total. The molecule has 2 rings (SSSR count). The van der Waals surface area contributed by atoms with Gasteiger partial charge in [-0.1, -0.05) is 13.8 Å². The molecular weight excluding hydrogens is 280 g/mol. The van der Waals surface area contributed by atoms with Gasteiger partial charge in [0, 0.05) is 18.8 Å². The Balaban J connectivity index is 2.22.